The minimum Gasteiger partial charge on any atom is -0.407 e. The van der Waals surface area contributed by atoms with Gasteiger partial charge < -0.3 is 10.5 Å². The highest BCUT2D eigenvalue weighted by molar-refractivity contribution is 5.98. The van der Waals surface area contributed by atoms with Crippen LogP contribution >= 0.6 is 0 Å². The Balaban J connectivity index is 1.76. The summed E-state index contributed by atoms with van der Waals surface area (Å²) < 4.78 is 101. The molecule has 1 aromatic heterocycles. The number of hydrogen-bond acceptors (Lipinski definition) is 6. The first kappa shape index (κ1) is 28.9. The van der Waals surface area contributed by atoms with E-state index in [1.165, 1.54) is 12.1 Å². The molecule has 1 fully saturated rings. The maximum atomic E-state index is 14.0. The largest absolute Gasteiger partial charge is 0.420 e. The average molecular weight is 582 g/mol. The highest BCUT2D eigenvalue weighted by Gasteiger charge is 2.44. The predicted octanol–water partition coefficient (Wildman–Crippen LogP) is 5.12. The van der Waals surface area contributed by atoms with Crippen molar-refractivity contribution in [3.05, 3.63) is 71.2 Å². The Morgan fingerprint density at radius 1 is 1.00 bits per heavy atom. The van der Waals surface area contributed by atoms with Gasteiger partial charge in [0.2, 0.25) is 0 Å². The van der Waals surface area contributed by atoms with Gasteiger partial charge in [0.15, 0.2) is 5.75 Å². The first-order chi connectivity index (χ1) is 19.1. The molecule has 0 saturated carbocycles. The number of carbonyl (C=O) groups excluding carboxylic acids is 2. The number of nitrogens with two attached hydrogens (primary N) is 1. The number of halogens is 7. The number of amides is 3. The summed E-state index contributed by atoms with van der Waals surface area (Å²) in [6.45, 7) is -0.632. The van der Waals surface area contributed by atoms with Gasteiger partial charge in [0, 0.05) is 25.3 Å². The maximum absolute atomic E-state index is 14.0. The quantitative estimate of drug-likeness (QED) is 0.340. The number of carbonyl (C=O) groups is 2. The van der Waals surface area contributed by atoms with Crippen molar-refractivity contribution in [2.45, 2.75) is 12.4 Å². The van der Waals surface area contributed by atoms with E-state index in [1.807, 2.05) is 0 Å². The van der Waals surface area contributed by atoms with Gasteiger partial charge in [-0.2, -0.15) is 26.3 Å². The van der Waals surface area contributed by atoms with Crippen LogP contribution in [0.2, 0.25) is 0 Å². The molecule has 0 spiro atoms. The second-order valence-corrected chi connectivity index (χ2v) is 8.44. The molecule has 0 radical (unpaired) electrons. The van der Waals surface area contributed by atoms with Crippen molar-refractivity contribution < 1.29 is 45.1 Å². The van der Waals surface area contributed by atoms with E-state index in [9.17, 15) is 40.3 Å². The van der Waals surface area contributed by atoms with Crippen LogP contribution in [0.1, 0.15) is 16.8 Å². The summed E-state index contributed by atoms with van der Waals surface area (Å²) >= 11 is 0. The third kappa shape index (κ3) is 6.40. The molecule has 1 saturated heterocycles. The molecular formula is C25H17F7N6O3. The molecule has 9 nitrogen and oxygen atoms in total. The summed E-state index contributed by atoms with van der Waals surface area (Å²) in [7, 11) is 1.09. The third-order valence-electron chi connectivity index (χ3n) is 5.68. The molecule has 0 unspecified atom stereocenters. The smallest absolute Gasteiger partial charge is 0.407 e. The minimum atomic E-state index is -5.43. The summed E-state index contributed by atoms with van der Waals surface area (Å²) in [6, 6.07) is 8.33. The van der Waals surface area contributed by atoms with E-state index in [2.05, 4.69) is 22.2 Å². The molecule has 1 aliphatic rings. The van der Waals surface area contributed by atoms with Crippen LogP contribution in [0.4, 0.5) is 57.5 Å². The molecule has 2 heterocycles. The monoisotopic (exact) mass is 582 g/mol. The molecule has 2 N–H and O–H groups in total. The summed E-state index contributed by atoms with van der Waals surface area (Å²) in [5, 5.41) is 7.26. The lowest BCUT2D eigenvalue weighted by atomic mass is 10.1. The number of aromatic nitrogens is 2. The normalized spacial score (nSPS) is 13.6. The van der Waals surface area contributed by atoms with Crippen LogP contribution in [0.5, 0.6) is 5.75 Å². The first-order valence-electron chi connectivity index (χ1n) is 11.4. The van der Waals surface area contributed by atoms with Gasteiger partial charge in [-0.25, -0.2) is 14.0 Å². The first-order valence-corrected chi connectivity index (χ1v) is 11.4. The average Bonchev–Trinajstić information content (AvgIpc) is 3.27. The fraction of sp³-hybridized carbons (Fsp3) is 0.200. The molecule has 1 aliphatic heterocycles. The van der Waals surface area contributed by atoms with Gasteiger partial charge in [-0.3, -0.25) is 14.7 Å². The topological polar surface area (TPSA) is 105 Å². The van der Waals surface area contributed by atoms with Gasteiger partial charge in [-0.1, -0.05) is 0 Å². The molecule has 16 heteroatoms. The molecule has 3 amide bonds. The summed E-state index contributed by atoms with van der Waals surface area (Å²) in [5.41, 5.74) is 0.877. The van der Waals surface area contributed by atoms with Crippen molar-refractivity contribution in [1.29, 1.82) is 0 Å². The van der Waals surface area contributed by atoms with Crippen molar-refractivity contribution in [2.75, 3.05) is 35.7 Å². The zero-order valence-corrected chi connectivity index (χ0v) is 20.7. The molecule has 0 aliphatic carbocycles. The van der Waals surface area contributed by atoms with E-state index in [1.54, 1.807) is 0 Å². The number of rotatable bonds is 3. The zero-order chi connectivity index (χ0) is 30.1. The van der Waals surface area contributed by atoms with Crippen molar-refractivity contribution in [3.8, 4) is 17.7 Å². The maximum Gasteiger partial charge on any atom is 0.420 e. The van der Waals surface area contributed by atoms with Gasteiger partial charge in [-0.15, -0.1) is 10.2 Å². The van der Waals surface area contributed by atoms with Crippen LogP contribution in [0, 0.1) is 17.8 Å². The van der Waals surface area contributed by atoms with Crippen LogP contribution in [0.15, 0.2) is 48.5 Å². The van der Waals surface area contributed by atoms with E-state index in [0.29, 0.717) is 9.80 Å². The second kappa shape index (κ2) is 10.8. The predicted molar refractivity (Wildman–Crippen MR) is 130 cm³/mol. The van der Waals surface area contributed by atoms with E-state index in [-0.39, 0.29) is 35.9 Å². The number of nitrogen functional groups attached to an aromatic ring is 1. The lowest BCUT2D eigenvalue weighted by Crippen LogP contribution is -2.33. The van der Waals surface area contributed by atoms with Crippen LogP contribution in [0.25, 0.3) is 0 Å². The Morgan fingerprint density at radius 3 is 2.27 bits per heavy atom. The highest BCUT2D eigenvalue weighted by Crippen LogP contribution is 2.47. The molecule has 0 atom stereocenters. The van der Waals surface area contributed by atoms with Crippen molar-refractivity contribution in [2.24, 2.45) is 0 Å². The third-order valence-corrected chi connectivity index (χ3v) is 5.68. The number of benzene rings is 2. The Bertz CT molecular complexity index is 1530. The fourth-order valence-corrected chi connectivity index (χ4v) is 3.62. The van der Waals surface area contributed by atoms with Gasteiger partial charge in [-0.05, 0) is 54.5 Å². The van der Waals surface area contributed by atoms with Gasteiger partial charge >= 0.3 is 24.5 Å². The lowest BCUT2D eigenvalue weighted by Gasteiger charge is -2.25. The highest BCUT2D eigenvalue weighted by atomic mass is 19.4. The molecular weight excluding hydrogens is 565 g/mol. The van der Waals surface area contributed by atoms with Crippen LogP contribution in [0.3, 0.4) is 0 Å². The Kier molecular flexibility index (Phi) is 7.64. The van der Waals surface area contributed by atoms with Crippen molar-refractivity contribution in [3.63, 3.8) is 0 Å². The molecule has 41 heavy (non-hydrogen) atoms. The second-order valence-electron chi connectivity index (χ2n) is 8.44. The van der Waals surface area contributed by atoms with Gasteiger partial charge in [0.1, 0.15) is 22.9 Å². The number of hydrogen-bond donors (Lipinski definition) is 1. The van der Waals surface area contributed by atoms with E-state index >= 15 is 0 Å². The minimum absolute atomic E-state index is 0.00267. The van der Waals surface area contributed by atoms with E-state index < -0.39 is 59.4 Å². The Hall–Kier alpha value is -5.07. The number of urea groups is 1. The van der Waals surface area contributed by atoms with Crippen molar-refractivity contribution >= 4 is 29.3 Å². The van der Waals surface area contributed by atoms with Crippen LogP contribution in [-0.4, -0.2) is 47.4 Å². The van der Waals surface area contributed by atoms with Gasteiger partial charge in [0.05, 0.1) is 17.8 Å². The summed E-state index contributed by atoms with van der Waals surface area (Å²) in [6.07, 6.45) is -12.1. The number of alkyl halides is 6. The van der Waals surface area contributed by atoms with Crippen LogP contribution in [-0.2, 0) is 12.4 Å². The van der Waals surface area contributed by atoms with E-state index in [4.69, 9.17) is 10.5 Å². The fourth-order valence-electron chi connectivity index (χ4n) is 3.62. The molecule has 3 aromatic rings. The number of ether oxygens (including phenoxy) is 1. The van der Waals surface area contributed by atoms with E-state index in [0.717, 1.165) is 36.2 Å². The van der Waals surface area contributed by atoms with Crippen LogP contribution < -0.4 is 20.3 Å². The summed E-state index contributed by atoms with van der Waals surface area (Å²) in [4.78, 5) is 28.0. The molecule has 4 rings (SSSR count). The Labute approximate surface area is 226 Å². The molecule has 0 bridgehead atoms. The summed E-state index contributed by atoms with van der Waals surface area (Å²) in [5.74, 6) is 0.586. The SMILES string of the molecule is CN(C(=O)Oc1c(N2CCN(C#Cc3ccc(N)nn3)C2=O)cc(C(F)(F)F)cc1C(F)(F)F)c1ccc(F)cc1. The molecule has 214 valence electrons. The van der Waals surface area contributed by atoms with Gasteiger partial charge in [0.25, 0.3) is 0 Å². The van der Waals surface area contributed by atoms with Crippen molar-refractivity contribution in [1.82, 2.24) is 15.1 Å². The Morgan fingerprint density at radius 2 is 1.68 bits per heavy atom. The lowest BCUT2D eigenvalue weighted by molar-refractivity contribution is -0.143. The zero-order valence-electron chi connectivity index (χ0n) is 20.7. The molecule has 2 aromatic carbocycles. The number of nitrogens with zero attached hydrogens (tertiary/aromatic N) is 5. The number of anilines is 3. The standard InChI is InChI=1S/C25H17F7N6O3/c1-36(17-5-2-15(26)3-6-17)23(40)41-21-18(25(30,31)32)12-14(24(27,28)29)13-19(21)38-11-10-37(22(38)39)9-8-16-4-7-20(33)35-34-16/h2-7,12-13H,10-11H2,1H3,(H2,33,35).